The molecule has 2 amide bonds. The molecule has 8 nitrogen and oxygen atoms in total. The maximum Gasteiger partial charge on any atom is 0.313 e. The molecule has 4 aliphatic heterocycles. The second-order valence-corrected chi connectivity index (χ2v) is 11.8. The fraction of sp³-hybridized carbons (Fsp3) is 0.581. The van der Waals surface area contributed by atoms with Gasteiger partial charge in [-0.15, -0.1) is 0 Å². The number of cyclic esters (lactones) is 1. The normalized spacial score (nSPS) is 34.4. The molecule has 0 radical (unpaired) electrons. The molecule has 0 bridgehead atoms. The molecule has 9 heteroatoms. The molecular formula is C31H39ClN2O6. The number of nitrogens with zero attached hydrogens (tertiary/aromatic N) is 2. The van der Waals surface area contributed by atoms with Crippen LogP contribution in [0.25, 0.3) is 0 Å². The molecule has 0 saturated carbocycles. The Kier molecular flexibility index (Phi) is 8.15. The van der Waals surface area contributed by atoms with Crippen molar-refractivity contribution >= 4 is 35.1 Å². The average Bonchev–Trinajstić information content (AvgIpc) is 3.31. The zero-order valence-electron chi connectivity index (χ0n) is 23.4. The van der Waals surface area contributed by atoms with Crippen LogP contribution in [0, 0.1) is 17.8 Å². The monoisotopic (exact) mass is 570 g/mol. The van der Waals surface area contributed by atoms with Gasteiger partial charge < -0.3 is 24.4 Å². The van der Waals surface area contributed by atoms with Gasteiger partial charge in [0, 0.05) is 17.3 Å². The first-order valence-corrected chi connectivity index (χ1v) is 14.8. The van der Waals surface area contributed by atoms with E-state index in [1.165, 1.54) is 4.90 Å². The molecule has 4 heterocycles. The third kappa shape index (κ3) is 4.48. The van der Waals surface area contributed by atoms with Crippen molar-refractivity contribution in [3.05, 3.63) is 53.6 Å². The molecule has 1 N–H and O–H groups in total. The smallest absolute Gasteiger partial charge is 0.313 e. The number of halogens is 1. The van der Waals surface area contributed by atoms with Crippen molar-refractivity contribution in [2.24, 2.45) is 17.8 Å². The number of carbonyl (C=O) groups excluding carboxylic acids is 3. The number of hydrogen-bond donors (Lipinski definition) is 1. The topological polar surface area (TPSA) is 96.4 Å². The molecule has 40 heavy (non-hydrogen) atoms. The van der Waals surface area contributed by atoms with Crippen LogP contribution in [0.3, 0.4) is 0 Å². The van der Waals surface area contributed by atoms with Crippen LogP contribution < -0.4 is 4.90 Å². The van der Waals surface area contributed by atoms with Gasteiger partial charge in [-0.05, 0) is 55.9 Å². The minimum atomic E-state index is -1.41. The van der Waals surface area contributed by atoms with E-state index < -0.39 is 41.1 Å². The summed E-state index contributed by atoms with van der Waals surface area (Å²) in [5.41, 5.74) is -1.88. The van der Waals surface area contributed by atoms with Crippen LogP contribution in [-0.4, -0.2) is 70.8 Å². The highest BCUT2D eigenvalue weighted by Crippen LogP contribution is 2.59. The molecular weight excluding hydrogens is 532 g/mol. The lowest BCUT2D eigenvalue weighted by Gasteiger charge is -2.42. The maximum absolute atomic E-state index is 14.6. The number of allylic oxidation sites excluding steroid dienone is 1. The van der Waals surface area contributed by atoms with Gasteiger partial charge in [-0.2, -0.15) is 0 Å². The molecule has 2 fully saturated rings. The summed E-state index contributed by atoms with van der Waals surface area (Å²) in [5, 5.41) is 11.1. The highest BCUT2D eigenvalue weighted by atomic mass is 35.5. The van der Waals surface area contributed by atoms with E-state index in [0.29, 0.717) is 23.6 Å². The Morgan fingerprint density at radius 3 is 2.48 bits per heavy atom. The lowest BCUT2D eigenvalue weighted by Crippen LogP contribution is -2.60. The van der Waals surface area contributed by atoms with Crippen LogP contribution in [0.2, 0.25) is 5.02 Å². The molecule has 4 aliphatic rings. The molecule has 1 spiro atoms. The lowest BCUT2D eigenvalue weighted by molar-refractivity contribution is -0.162. The number of ether oxygens (including phenoxy) is 2. The van der Waals surface area contributed by atoms with Gasteiger partial charge in [0.1, 0.15) is 23.2 Å². The summed E-state index contributed by atoms with van der Waals surface area (Å²) in [4.78, 5) is 46.1. The fourth-order valence-electron chi connectivity index (χ4n) is 7.00. The zero-order valence-corrected chi connectivity index (χ0v) is 24.2. The number of amides is 2. The van der Waals surface area contributed by atoms with Gasteiger partial charge >= 0.3 is 5.97 Å². The van der Waals surface area contributed by atoms with E-state index in [2.05, 4.69) is 0 Å². The van der Waals surface area contributed by atoms with Crippen molar-refractivity contribution in [2.75, 3.05) is 24.7 Å². The number of hydrogen-bond acceptors (Lipinski definition) is 6. The van der Waals surface area contributed by atoms with E-state index in [1.807, 2.05) is 45.1 Å². The minimum absolute atomic E-state index is 0.0966. The summed E-state index contributed by atoms with van der Waals surface area (Å²) >= 11 is 6.13. The first-order chi connectivity index (χ1) is 19.2. The van der Waals surface area contributed by atoms with E-state index in [9.17, 15) is 19.5 Å². The van der Waals surface area contributed by atoms with Crippen LogP contribution in [-0.2, 0) is 23.9 Å². The van der Waals surface area contributed by atoms with Gasteiger partial charge in [-0.25, -0.2) is 0 Å². The number of aliphatic hydroxyl groups is 1. The number of carbonyl (C=O) groups is 3. The average molecular weight is 571 g/mol. The summed E-state index contributed by atoms with van der Waals surface area (Å²) in [6.45, 7) is 6.10. The van der Waals surface area contributed by atoms with Crippen LogP contribution in [0.4, 0.5) is 5.69 Å². The number of likely N-dealkylation sites (tertiary alicyclic amines) is 1. The molecule has 5 rings (SSSR count). The highest BCUT2D eigenvalue weighted by Gasteiger charge is 2.76. The van der Waals surface area contributed by atoms with E-state index in [0.717, 1.165) is 19.3 Å². The number of fused-ring (bicyclic) bond motifs is 2. The molecule has 1 aromatic rings. The molecule has 216 valence electrons. The van der Waals surface area contributed by atoms with Crippen LogP contribution >= 0.6 is 11.6 Å². The zero-order chi connectivity index (χ0) is 28.7. The third-order valence-electron chi connectivity index (χ3n) is 9.30. The van der Waals surface area contributed by atoms with Gasteiger partial charge in [0.25, 0.3) is 5.91 Å². The Hall–Kier alpha value is -2.68. The summed E-state index contributed by atoms with van der Waals surface area (Å²) in [6.07, 6.45) is 11.2. The summed E-state index contributed by atoms with van der Waals surface area (Å²) in [5.74, 6) is -3.16. The van der Waals surface area contributed by atoms with E-state index >= 15 is 0 Å². The number of esters is 1. The van der Waals surface area contributed by atoms with Gasteiger partial charge in [-0.1, -0.05) is 63.1 Å². The van der Waals surface area contributed by atoms with Crippen LogP contribution in [0.1, 0.15) is 52.9 Å². The number of rotatable bonds is 6. The largest absolute Gasteiger partial charge is 0.465 e. The van der Waals surface area contributed by atoms with Gasteiger partial charge in [0.05, 0.1) is 25.2 Å². The summed E-state index contributed by atoms with van der Waals surface area (Å²) in [6, 6.07) is 5.28. The first kappa shape index (κ1) is 28.8. The lowest BCUT2D eigenvalue weighted by atomic mass is 9.73. The summed E-state index contributed by atoms with van der Waals surface area (Å²) in [7, 11) is 0. The predicted molar refractivity (Wildman–Crippen MR) is 152 cm³/mol. The fourth-order valence-corrected chi connectivity index (χ4v) is 7.13. The van der Waals surface area contributed by atoms with Gasteiger partial charge in [0.2, 0.25) is 5.91 Å². The molecule has 7 atom stereocenters. The Balaban J connectivity index is 1.70. The second-order valence-electron chi connectivity index (χ2n) is 11.4. The predicted octanol–water partition coefficient (Wildman–Crippen LogP) is 4.29. The third-order valence-corrected chi connectivity index (χ3v) is 9.56. The van der Waals surface area contributed by atoms with E-state index in [4.69, 9.17) is 21.1 Å². The standard InChI is InChI=1S/C31H39ClN2O6/c1-4-20(3)23(19-35)34-26-28(37)33(22-13-11-21(32)12-14-22)17-10-16-31(26)24(27(34)36)25-29(38)39-18-9-7-6-8-15-30(25,5-2)40-31/h8,10-16,20,23-26,35H,4-7,9,17-19H2,1-3H3/b15-8-/t20-,23-,24-,25+,26?,30-,31-/m0/s1. The Morgan fingerprint density at radius 1 is 1.05 bits per heavy atom. The molecule has 0 aromatic heterocycles. The van der Waals surface area contributed by atoms with Crippen molar-refractivity contribution in [3.8, 4) is 0 Å². The minimum Gasteiger partial charge on any atom is -0.465 e. The molecule has 1 aromatic carbocycles. The molecule has 0 aliphatic carbocycles. The number of benzene rings is 1. The second kappa shape index (κ2) is 11.3. The Bertz CT molecular complexity index is 1200. The number of aliphatic hydroxyl groups excluding tert-OH is 1. The van der Waals surface area contributed by atoms with Gasteiger partial charge in [-0.3, -0.25) is 14.4 Å². The summed E-state index contributed by atoms with van der Waals surface area (Å²) < 4.78 is 12.7. The van der Waals surface area contributed by atoms with Crippen molar-refractivity contribution < 1.29 is 29.0 Å². The first-order valence-electron chi connectivity index (χ1n) is 14.5. The maximum atomic E-state index is 14.6. The van der Waals surface area contributed by atoms with Crippen molar-refractivity contribution in [1.82, 2.24) is 4.90 Å². The van der Waals surface area contributed by atoms with Crippen molar-refractivity contribution in [1.29, 1.82) is 0 Å². The van der Waals surface area contributed by atoms with Gasteiger partial charge in [0.15, 0.2) is 0 Å². The molecule has 1 unspecified atom stereocenters. The van der Waals surface area contributed by atoms with Crippen molar-refractivity contribution in [2.45, 2.75) is 76.2 Å². The SMILES string of the molecule is CC[C@H](C)[C@H](CO)N1C(=O)[C@@H]2[C@@H]3C(=O)OCCCC/C=C\[C@]3(CC)O[C@@]23C=CCN(c2ccc(Cl)cc2)C(=O)C13. The van der Waals surface area contributed by atoms with Crippen molar-refractivity contribution in [3.63, 3.8) is 0 Å². The van der Waals surface area contributed by atoms with Crippen LogP contribution in [0.15, 0.2) is 48.6 Å². The highest BCUT2D eigenvalue weighted by molar-refractivity contribution is 6.30. The Labute approximate surface area is 240 Å². The number of anilines is 1. The van der Waals surface area contributed by atoms with Crippen LogP contribution in [0.5, 0.6) is 0 Å². The quantitative estimate of drug-likeness (QED) is 0.405. The Morgan fingerprint density at radius 2 is 1.80 bits per heavy atom. The van der Waals surface area contributed by atoms with E-state index in [-0.39, 0.29) is 37.5 Å². The van der Waals surface area contributed by atoms with E-state index in [1.54, 1.807) is 29.2 Å². The molecule has 2 saturated heterocycles.